The van der Waals surface area contributed by atoms with Gasteiger partial charge in [0.1, 0.15) is 17.2 Å². The predicted molar refractivity (Wildman–Crippen MR) is 83.0 cm³/mol. The Bertz CT molecular complexity index is 522. The lowest BCUT2D eigenvalue weighted by Gasteiger charge is -2.24. The molecule has 0 unspecified atom stereocenters. The second-order valence-electron chi connectivity index (χ2n) is 5.78. The normalized spacial score (nSPS) is 13.7. The Morgan fingerprint density at radius 2 is 2.04 bits per heavy atom. The van der Waals surface area contributed by atoms with Crippen LogP contribution in [0.4, 0.5) is 13.6 Å². The minimum Gasteiger partial charge on any atom is -0.383 e. The number of hydrogen-bond acceptors (Lipinski definition) is 3. The third kappa shape index (κ3) is 6.92. The van der Waals surface area contributed by atoms with Crippen molar-refractivity contribution in [1.29, 1.82) is 0 Å². The molecule has 0 fully saturated rings. The Labute approximate surface area is 135 Å². The Morgan fingerprint density at radius 3 is 2.65 bits per heavy atom. The van der Waals surface area contributed by atoms with Crippen molar-refractivity contribution in [3.8, 4) is 0 Å². The molecule has 0 radical (unpaired) electrons. The third-order valence-corrected chi connectivity index (χ3v) is 3.16. The lowest BCUT2D eigenvalue weighted by atomic mass is 9.95. The number of halogens is 2. The smallest absolute Gasteiger partial charge is 0.314 e. The van der Waals surface area contributed by atoms with Gasteiger partial charge in [0, 0.05) is 24.8 Å². The molecule has 0 saturated heterocycles. The van der Waals surface area contributed by atoms with E-state index < -0.39 is 23.3 Å². The van der Waals surface area contributed by atoms with Gasteiger partial charge in [-0.2, -0.15) is 0 Å². The van der Waals surface area contributed by atoms with Gasteiger partial charge in [-0.25, -0.2) is 13.6 Å². The summed E-state index contributed by atoms with van der Waals surface area (Å²) in [6.07, 6.45) is 0.804. The van der Waals surface area contributed by atoms with Gasteiger partial charge in [0.15, 0.2) is 0 Å². The summed E-state index contributed by atoms with van der Waals surface area (Å²) in [5.74, 6) is -1.58. The lowest BCUT2D eigenvalue weighted by Crippen LogP contribution is -2.44. The van der Waals surface area contributed by atoms with Crippen LogP contribution in [0.3, 0.4) is 0 Å². The molecular weight excluding hydrogens is 306 g/mol. The molecule has 0 aliphatic heterocycles. The van der Waals surface area contributed by atoms with Crippen molar-refractivity contribution < 1.29 is 23.4 Å². The second-order valence-corrected chi connectivity index (χ2v) is 5.78. The van der Waals surface area contributed by atoms with Gasteiger partial charge in [-0.05, 0) is 33.3 Å². The van der Waals surface area contributed by atoms with Crippen LogP contribution in [-0.4, -0.2) is 36.9 Å². The summed E-state index contributed by atoms with van der Waals surface area (Å²) in [5.41, 5.74) is -1.72. The highest BCUT2D eigenvalue weighted by atomic mass is 19.1. The number of benzene rings is 1. The molecule has 0 bridgehead atoms. The fourth-order valence-electron chi connectivity index (χ4n) is 1.93. The zero-order valence-electron chi connectivity index (χ0n) is 13.7. The molecule has 0 spiro atoms. The van der Waals surface area contributed by atoms with E-state index in [1.165, 1.54) is 6.92 Å². The van der Waals surface area contributed by atoms with E-state index in [-0.39, 0.29) is 18.2 Å². The standard InChI is InChI=1S/C16H24F2N2O3/c1-11(2)23-8-4-7-19-15(21)20-10-16(3,22)13-6-5-12(17)9-14(13)18/h5-6,9,11,22H,4,7-8,10H2,1-3H3,(H2,19,20,21)/t16-/m1/s1. The van der Waals surface area contributed by atoms with Gasteiger partial charge in [0.2, 0.25) is 0 Å². The van der Waals surface area contributed by atoms with E-state index >= 15 is 0 Å². The maximum Gasteiger partial charge on any atom is 0.314 e. The van der Waals surface area contributed by atoms with Gasteiger partial charge in [-0.15, -0.1) is 0 Å². The number of nitrogens with one attached hydrogen (secondary N) is 2. The van der Waals surface area contributed by atoms with Gasteiger partial charge in [0.25, 0.3) is 0 Å². The zero-order chi connectivity index (χ0) is 17.5. The molecule has 23 heavy (non-hydrogen) atoms. The fourth-order valence-corrected chi connectivity index (χ4v) is 1.93. The summed E-state index contributed by atoms with van der Waals surface area (Å²) in [4.78, 5) is 11.6. The van der Waals surface area contributed by atoms with Crippen LogP contribution < -0.4 is 10.6 Å². The number of aliphatic hydroxyl groups is 1. The van der Waals surface area contributed by atoms with Crippen LogP contribution in [0.1, 0.15) is 32.8 Å². The van der Waals surface area contributed by atoms with Crippen LogP contribution >= 0.6 is 0 Å². The Hall–Kier alpha value is -1.73. The van der Waals surface area contributed by atoms with E-state index in [2.05, 4.69) is 10.6 Å². The Balaban J connectivity index is 2.39. The molecule has 0 aliphatic rings. The van der Waals surface area contributed by atoms with Crippen molar-refractivity contribution in [2.75, 3.05) is 19.7 Å². The topological polar surface area (TPSA) is 70.6 Å². The first-order valence-electron chi connectivity index (χ1n) is 7.53. The molecule has 0 aromatic heterocycles. The minimum atomic E-state index is -1.64. The molecule has 0 saturated carbocycles. The molecule has 3 N–H and O–H groups in total. The van der Waals surface area contributed by atoms with Gasteiger partial charge in [0.05, 0.1) is 12.6 Å². The average molecular weight is 330 g/mol. The quantitative estimate of drug-likeness (QED) is 0.641. The van der Waals surface area contributed by atoms with E-state index in [9.17, 15) is 18.7 Å². The number of ether oxygens (including phenoxy) is 1. The molecule has 0 aliphatic carbocycles. The van der Waals surface area contributed by atoms with E-state index in [0.717, 1.165) is 12.1 Å². The molecule has 7 heteroatoms. The Morgan fingerprint density at radius 1 is 1.35 bits per heavy atom. The molecule has 5 nitrogen and oxygen atoms in total. The van der Waals surface area contributed by atoms with Crippen LogP contribution in [0.15, 0.2) is 18.2 Å². The van der Waals surface area contributed by atoms with Crippen molar-refractivity contribution in [3.05, 3.63) is 35.4 Å². The summed E-state index contributed by atoms with van der Waals surface area (Å²) in [6.45, 7) is 5.96. The first-order valence-corrected chi connectivity index (χ1v) is 7.53. The highest BCUT2D eigenvalue weighted by Gasteiger charge is 2.27. The molecule has 130 valence electrons. The van der Waals surface area contributed by atoms with Crippen molar-refractivity contribution in [2.45, 2.75) is 38.9 Å². The monoisotopic (exact) mass is 330 g/mol. The summed E-state index contributed by atoms with van der Waals surface area (Å²) < 4.78 is 31.9. The maximum absolute atomic E-state index is 13.7. The predicted octanol–water partition coefficient (Wildman–Crippen LogP) is 2.29. The number of urea groups is 1. The van der Waals surface area contributed by atoms with E-state index in [1.54, 1.807) is 0 Å². The molecule has 1 rings (SSSR count). The highest BCUT2D eigenvalue weighted by molar-refractivity contribution is 5.73. The summed E-state index contributed by atoms with van der Waals surface area (Å²) in [6, 6.07) is 2.44. The number of carbonyl (C=O) groups excluding carboxylic acids is 1. The van der Waals surface area contributed by atoms with Crippen LogP contribution in [0.25, 0.3) is 0 Å². The number of hydrogen-bond donors (Lipinski definition) is 3. The van der Waals surface area contributed by atoms with Crippen molar-refractivity contribution in [2.24, 2.45) is 0 Å². The van der Waals surface area contributed by atoms with Crippen LogP contribution in [0, 0.1) is 11.6 Å². The molecule has 2 amide bonds. The van der Waals surface area contributed by atoms with Crippen LogP contribution in [0.5, 0.6) is 0 Å². The van der Waals surface area contributed by atoms with Gasteiger partial charge < -0.3 is 20.5 Å². The Kier molecular flexibility index (Phi) is 7.38. The molecule has 1 aromatic carbocycles. The number of amides is 2. The zero-order valence-corrected chi connectivity index (χ0v) is 13.7. The van der Waals surface area contributed by atoms with Crippen molar-refractivity contribution >= 4 is 6.03 Å². The number of rotatable bonds is 8. The molecular formula is C16H24F2N2O3. The van der Waals surface area contributed by atoms with Gasteiger partial charge in [-0.1, -0.05) is 6.07 Å². The highest BCUT2D eigenvalue weighted by Crippen LogP contribution is 2.23. The fraction of sp³-hybridized carbons (Fsp3) is 0.562. The van der Waals surface area contributed by atoms with E-state index in [1.807, 2.05) is 13.8 Å². The number of carbonyl (C=O) groups is 1. The van der Waals surface area contributed by atoms with Gasteiger partial charge >= 0.3 is 6.03 Å². The van der Waals surface area contributed by atoms with E-state index in [4.69, 9.17) is 4.74 Å². The molecule has 1 atom stereocenters. The summed E-state index contributed by atoms with van der Waals surface area (Å²) in [5, 5.41) is 15.3. The summed E-state index contributed by atoms with van der Waals surface area (Å²) >= 11 is 0. The minimum absolute atomic E-state index is 0.0791. The lowest BCUT2D eigenvalue weighted by molar-refractivity contribution is 0.0553. The third-order valence-electron chi connectivity index (χ3n) is 3.16. The van der Waals surface area contributed by atoms with Crippen molar-refractivity contribution in [3.63, 3.8) is 0 Å². The van der Waals surface area contributed by atoms with Crippen molar-refractivity contribution in [1.82, 2.24) is 10.6 Å². The second kappa shape index (κ2) is 8.79. The summed E-state index contributed by atoms with van der Waals surface area (Å²) in [7, 11) is 0. The van der Waals surface area contributed by atoms with E-state index in [0.29, 0.717) is 25.6 Å². The molecule has 1 aromatic rings. The molecule has 0 heterocycles. The average Bonchev–Trinajstić information content (AvgIpc) is 2.44. The largest absolute Gasteiger partial charge is 0.383 e. The first-order chi connectivity index (χ1) is 10.7. The van der Waals surface area contributed by atoms with Gasteiger partial charge in [-0.3, -0.25) is 0 Å². The maximum atomic E-state index is 13.7. The SMILES string of the molecule is CC(C)OCCCNC(=O)NC[C@@](C)(O)c1ccc(F)cc1F. The van der Waals surface area contributed by atoms with Crippen LogP contribution in [-0.2, 0) is 10.3 Å². The first kappa shape index (κ1) is 19.3. The van der Waals surface area contributed by atoms with Crippen LogP contribution in [0.2, 0.25) is 0 Å².